The summed E-state index contributed by atoms with van der Waals surface area (Å²) in [6, 6.07) is 4.78. The predicted octanol–water partition coefficient (Wildman–Crippen LogP) is 0.307. The topological polar surface area (TPSA) is 123 Å². The van der Waals surface area contributed by atoms with Crippen LogP contribution in [-0.4, -0.2) is 34.1 Å². The highest BCUT2D eigenvalue weighted by molar-refractivity contribution is 6.02. The number of rotatable bonds is 6. The zero-order valence-electron chi connectivity index (χ0n) is 14.3. The summed E-state index contributed by atoms with van der Waals surface area (Å²) in [5, 5.41) is 0. The lowest BCUT2D eigenvalue weighted by atomic mass is 10.2. The Morgan fingerprint density at radius 2 is 1.85 bits per heavy atom. The van der Waals surface area contributed by atoms with Gasteiger partial charge >= 0.3 is 18.3 Å². The van der Waals surface area contributed by atoms with Gasteiger partial charge in [0.15, 0.2) is 6.61 Å². The molecular weight excluding hydrogens is 368 g/mol. The molecule has 0 saturated heterocycles. The Hall–Kier alpha value is -3.50. The first kappa shape index (κ1) is 19.8. The molecule has 2 rings (SSSR count). The minimum absolute atomic E-state index is 0.137. The molecule has 0 saturated carbocycles. The molecule has 1 aromatic carbocycles. The zero-order chi connectivity index (χ0) is 20.3. The highest BCUT2D eigenvalue weighted by Gasteiger charge is 2.22. The van der Waals surface area contributed by atoms with Crippen molar-refractivity contribution in [2.75, 3.05) is 12.3 Å². The number of halogens is 2. The van der Waals surface area contributed by atoms with Crippen molar-refractivity contribution in [2.45, 2.75) is 6.61 Å². The van der Waals surface area contributed by atoms with Crippen molar-refractivity contribution < 1.29 is 27.8 Å². The lowest BCUT2D eigenvalue weighted by molar-refractivity contribution is -0.0499. The second-order valence-electron chi connectivity index (χ2n) is 5.37. The number of aromatic nitrogens is 2. The lowest BCUT2D eigenvalue weighted by Gasteiger charge is -2.11. The Bertz CT molecular complexity index is 1010. The van der Waals surface area contributed by atoms with Gasteiger partial charge in [-0.1, -0.05) is 6.07 Å². The van der Waals surface area contributed by atoms with E-state index in [2.05, 4.69) is 4.74 Å². The summed E-state index contributed by atoms with van der Waals surface area (Å²) < 4.78 is 35.0. The number of anilines is 1. The molecule has 11 heteroatoms. The van der Waals surface area contributed by atoms with E-state index in [1.165, 1.54) is 32.3 Å². The Labute approximate surface area is 150 Å². The first-order valence-electron chi connectivity index (χ1n) is 7.44. The number of benzene rings is 1. The number of ketones is 1. The first-order chi connectivity index (χ1) is 12.6. The van der Waals surface area contributed by atoms with Gasteiger partial charge in [0, 0.05) is 14.1 Å². The number of Topliss-reactive ketones (excluding diaryl/α,β-unsaturated/α-hetero) is 1. The quantitative estimate of drug-likeness (QED) is 0.562. The van der Waals surface area contributed by atoms with Crippen LogP contribution in [0.2, 0.25) is 0 Å². The fourth-order valence-electron chi connectivity index (χ4n) is 2.21. The smallest absolute Gasteiger partial charge is 0.387 e. The van der Waals surface area contributed by atoms with Gasteiger partial charge in [0.1, 0.15) is 17.1 Å². The Morgan fingerprint density at radius 1 is 1.19 bits per heavy atom. The number of nitrogen functional groups attached to an aromatic ring is 1. The standard InChI is InChI=1S/C16H15F2N3O6/c1-20-12(19)11(13(23)21(2)16(20)25)10(22)7-26-14(24)8-4-3-5-9(6-8)27-15(17)18/h3-6,15H,7,19H2,1-2H3. The summed E-state index contributed by atoms with van der Waals surface area (Å²) >= 11 is 0. The molecule has 2 aromatic rings. The van der Waals surface area contributed by atoms with Crippen LogP contribution in [0.4, 0.5) is 14.6 Å². The van der Waals surface area contributed by atoms with Gasteiger partial charge in [-0.15, -0.1) is 0 Å². The van der Waals surface area contributed by atoms with Gasteiger partial charge in [0.25, 0.3) is 5.56 Å². The molecule has 27 heavy (non-hydrogen) atoms. The van der Waals surface area contributed by atoms with E-state index in [0.717, 1.165) is 10.6 Å². The van der Waals surface area contributed by atoms with E-state index in [1.807, 2.05) is 0 Å². The molecule has 0 aliphatic rings. The second-order valence-corrected chi connectivity index (χ2v) is 5.37. The van der Waals surface area contributed by atoms with Crippen molar-refractivity contribution >= 4 is 17.6 Å². The van der Waals surface area contributed by atoms with E-state index in [-0.39, 0.29) is 17.1 Å². The van der Waals surface area contributed by atoms with Crippen LogP contribution >= 0.6 is 0 Å². The molecule has 144 valence electrons. The minimum Gasteiger partial charge on any atom is -0.454 e. The Morgan fingerprint density at radius 3 is 2.48 bits per heavy atom. The van der Waals surface area contributed by atoms with E-state index in [0.29, 0.717) is 4.57 Å². The van der Waals surface area contributed by atoms with Crippen molar-refractivity contribution in [1.29, 1.82) is 0 Å². The van der Waals surface area contributed by atoms with E-state index >= 15 is 0 Å². The van der Waals surface area contributed by atoms with Crippen LogP contribution in [0.15, 0.2) is 33.9 Å². The van der Waals surface area contributed by atoms with E-state index in [1.54, 1.807) is 0 Å². The molecule has 0 aliphatic carbocycles. The second kappa shape index (κ2) is 7.81. The van der Waals surface area contributed by atoms with Crippen molar-refractivity contribution in [3.8, 4) is 5.75 Å². The van der Waals surface area contributed by atoms with Crippen LogP contribution in [0.25, 0.3) is 0 Å². The van der Waals surface area contributed by atoms with Gasteiger partial charge in [0.2, 0.25) is 5.78 Å². The summed E-state index contributed by atoms with van der Waals surface area (Å²) in [6.45, 7) is -3.90. The van der Waals surface area contributed by atoms with Gasteiger partial charge in [-0.2, -0.15) is 8.78 Å². The molecule has 0 atom stereocenters. The molecular formula is C16H15F2N3O6. The summed E-state index contributed by atoms with van der Waals surface area (Å²) in [5.41, 5.74) is 3.36. The number of carbonyl (C=O) groups is 2. The molecule has 0 bridgehead atoms. The number of ether oxygens (including phenoxy) is 2. The zero-order valence-corrected chi connectivity index (χ0v) is 14.3. The number of hydrogen-bond donors (Lipinski definition) is 1. The van der Waals surface area contributed by atoms with Crippen molar-refractivity contribution in [1.82, 2.24) is 9.13 Å². The van der Waals surface area contributed by atoms with Crippen molar-refractivity contribution in [3.05, 3.63) is 56.2 Å². The fraction of sp³-hybridized carbons (Fsp3) is 0.250. The van der Waals surface area contributed by atoms with Gasteiger partial charge in [-0.3, -0.25) is 18.7 Å². The first-order valence-corrected chi connectivity index (χ1v) is 7.44. The molecule has 9 nitrogen and oxygen atoms in total. The predicted molar refractivity (Wildman–Crippen MR) is 89.0 cm³/mol. The number of nitrogens with zero attached hydrogens (tertiary/aromatic N) is 2. The third-order valence-electron chi connectivity index (χ3n) is 3.62. The van der Waals surface area contributed by atoms with Crippen LogP contribution < -0.4 is 21.7 Å². The third-order valence-corrected chi connectivity index (χ3v) is 3.62. The van der Waals surface area contributed by atoms with Crippen LogP contribution in [0.3, 0.4) is 0 Å². The number of carbonyl (C=O) groups excluding carboxylic acids is 2. The molecule has 0 radical (unpaired) electrons. The third kappa shape index (κ3) is 4.19. The monoisotopic (exact) mass is 383 g/mol. The maximum Gasteiger partial charge on any atom is 0.387 e. The highest BCUT2D eigenvalue weighted by Crippen LogP contribution is 2.16. The van der Waals surface area contributed by atoms with Crippen LogP contribution in [0, 0.1) is 0 Å². The molecule has 1 aromatic heterocycles. The van der Waals surface area contributed by atoms with Crippen molar-refractivity contribution in [2.24, 2.45) is 14.1 Å². The number of esters is 1. The fourth-order valence-corrected chi connectivity index (χ4v) is 2.21. The SMILES string of the molecule is Cn1c(N)c(C(=O)COC(=O)c2cccc(OC(F)F)c2)c(=O)n(C)c1=O. The molecule has 0 amide bonds. The summed E-state index contributed by atoms with van der Waals surface area (Å²) in [5.74, 6) is -2.54. The normalized spacial score (nSPS) is 10.7. The van der Waals surface area contributed by atoms with Gasteiger partial charge in [-0.25, -0.2) is 9.59 Å². The lowest BCUT2D eigenvalue weighted by Crippen LogP contribution is -2.42. The summed E-state index contributed by atoms with van der Waals surface area (Å²) in [6.07, 6.45) is 0. The van der Waals surface area contributed by atoms with Crippen molar-refractivity contribution in [3.63, 3.8) is 0 Å². The van der Waals surface area contributed by atoms with Gasteiger partial charge < -0.3 is 15.2 Å². The minimum atomic E-state index is -3.07. The molecule has 0 aliphatic heterocycles. The largest absolute Gasteiger partial charge is 0.454 e. The van der Waals surface area contributed by atoms with E-state index in [4.69, 9.17) is 10.5 Å². The highest BCUT2D eigenvalue weighted by atomic mass is 19.3. The number of hydrogen-bond acceptors (Lipinski definition) is 7. The van der Waals surface area contributed by atoms with E-state index < -0.39 is 41.8 Å². The molecule has 0 unspecified atom stereocenters. The summed E-state index contributed by atoms with van der Waals surface area (Å²) in [7, 11) is 2.44. The number of alkyl halides is 2. The van der Waals surface area contributed by atoms with Crippen LogP contribution in [0.5, 0.6) is 5.75 Å². The molecule has 0 fully saturated rings. The Balaban J connectivity index is 2.18. The average molecular weight is 383 g/mol. The molecule has 0 spiro atoms. The van der Waals surface area contributed by atoms with E-state index in [9.17, 15) is 28.0 Å². The van der Waals surface area contributed by atoms with Crippen LogP contribution in [0.1, 0.15) is 20.7 Å². The maximum atomic E-state index is 12.2. The Kier molecular flexibility index (Phi) is 5.73. The van der Waals surface area contributed by atoms with Gasteiger partial charge in [-0.05, 0) is 18.2 Å². The van der Waals surface area contributed by atoms with Crippen LogP contribution in [-0.2, 0) is 18.8 Å². The molecule has 1 heterocycles. The molecule has 2 N–H and O–H groups in total. The maximum absolute atomic E-state index is 12.2. The average Bonchev–Trinajstić information content (AvgIpc) is 2.62. The van der Waals surface area contributed by atoms with Gasteiger partial charge in [0.05, 0.1) is 5.56 Å². The number of nitrogens with two attached hydrogens (primary N) is 1. The summed E-state index contributed by atoms with van der Waals surface area (Å²) in [4.78, 5) is 48.0.